The summed E-state index contributed by atoms with van der Waals surface area (Å²) in [6.07, 6.45) is 6.48. The van der Waals surface area contributed by atoms with Gasteiger partial charge >= 0.3 is 5.97 Å². The highest BCUT2D eigenvalue weighted by atomic mass is 35.5. The van der Waals surface area contributed by atoms with Gasteiger partial charge < -0.3 is 4.74 Å². The maximum absolute atomic E-state index is 13.1. The molecule has 1 spiro atoms. The van der Waals surface area contributed by atoms with Gasteiger partial charge in [-0.15, -0.1) is 0 Å². The zero-order chi connectivity index (χ0) is 17.5. The van der Waals surface area contributed by atoms with Gasteiger partial charge in [0.2, 0.25) is 11.8 Å². The molecular weight excluding hydrogens is 342 g/mol. The Bertz CT molecular complexity index is 838. The molecule has 6 heteroatoms. The van der Waals surface area contributed by atoms with Crippen LogP contribution in [0.1, 0.15) is 23.2 Å². The first-order valence-corrected chi connectivity index (χ1v) is 8.81. The number of amides is 2. The Labute approximate surface area is 149 Å². The second kappa shape index (κ2) is 4.73. The molecule has 0 N–H and O–H groups in total. The molecule has 4 aliphatic rings. The molecule has 2 saturated carbocycles. The highest BCUT2D eigenvalue weighted by molar-refractivity contribution is 6.34. The summed E-state index contributed by atoms with van der Waals surface area (Å²) < 4.78 is 4.72. The first-order chi connectivity index (χ1) is 12.0. The molecule has 2 amide bonds. The smallest absolute Gasteiger partial charge is 0.339 e. The molecule has 1 aromatic carbocycles. The fourth-order valence-corrected chi connectivity index (χ4v) is 5.45. The lowest BCUT2D eigenvalue weighted by Gasteiger charge is -2.22. The molecule has 0 unspecified atom stereocenters. The maximum Gasteiger partial charge on any atom is 0.339 e. The zero-order valence-corrected chi connectivity index (χ0v) is 14.3. The number of ether oxygens (including phenoxy) is 1. The Morgan fingerprint density at radius 2 is 1.76 bits per heavy atom. The minimum atomic E-state index is -0.593. The Morgan fingerprint density at radius 3 is 2.28 bits per heavy atom. The summed E-state index contributed by atoms with van der Waals surface area (Å²) in [5.74, 6) is -1.07. The van der Waals surface area contributed by atoms with Gasteiger partial charge in [0.25, 0.3) is 0 Å². The fraction of sp³-hybridized carbons (Fsp3) is 0.421. The van der Waals surface area contributed by atoms with Crippen LogP contribution in [0.25, 0.3) is 0 Å². The van der Waals surface area contributed by atoms with Crippen LogP contribution in [0.2, 0.25) is 5.02 Å². The molecule has 3 fully saturated rings. The van der Waals surface area contributed by atoms with Crippen molar-refractivity contribution < 1.29 is 19.1 Å². The first-order valence-electron chi connectivity index (χ1n) is 8.43. The summed E-state index contributed by atoms with van der Waals surface area (Å²) in [6.45, 7) is 0. The quantitative estimate of drug-likeness (QED) is 0.464. The SMILES string of the molecule is COC(=O)c1cc(N2C(=O)[C@@H]3[C@H](C2=O)[C@@H]2C=C[C@@H]3C23CC3)ccc1Cl. The number of nitrogens with zero attached hydrogens (tertiary/aromatic N) is 1. The first kappa shape index (κ1) is 15.1. The van der Waals surface area contributed by atoms with Crippen molar-refractivity contribution in [2.24, 2.45) is 29.1 Å². The number of esters is 1. The van der Waals surface area contributed by atoms with Crippen LogP contribution in [-0.4, -0.2) is 24.9 Å². The molecule has 5 rings (SSSR count). The highest BCUT2D eigenvalue weighted by Crippen LogP contribution is 2.73. The number of hydrogen-bond donors (Lipinski definition) is 0. The van der Waals surface area contributed by atoms with Gasteiger partial charge in [-0.1, -0.05) is 23.8 Å². The molecule has 25 heavy (non-hydrogen) atoms. The van der Waals surface area contributed by atoms with Crippen molar-refractivity contribution in [2.45, 2.75) is 12.8 Å². The van der Waals surface area contributed by atoms with Gasteiger partial charge in [0, 0.05) is 0 Å². The highest BCUT2D eigenvalue weighted by Gasteiger charge is 2.73. The lowest BCUT2D eigenvalue weighted by atomic mass is 9.85. The zero-order valence-electron chi connectivity index (χ0n) is 13.6. The van der Waals surface area contributed by atoms with Gasteiger partial charge in [-0.2, -0.15) is 0 Å². The number of imide groups is 1. The number of fused-ring (bicyclic) bond motifs is 3. The Morgan fingerprint density at radius 1 is 1.16 bits per heavy atom. The molecule has 1 aromatic rings. The molecule has 1 heterocycles. The summed E-state index contributed by atoms with van der Waals surface area (Å²) in [5.41, 5.74) is 0.710. The molecule has 5 nitrogen and oxygen atoms in total. The average molecular weight is 358 g/mol. The third kappa shape index (κ3) is 1.72. The van der Waals surface area contributed by atoms with Crippen LogP contribution in [-0.2, 0) is 14.3 Å². The van der Waals surface area contributed by atoms with Crippen molar-refractivity contribution in [3.8, 4) is 0 Å². The number of hydrogen-bond acceptors (Lipinski definition) is 4. The van der Waals surface area contributed by atoms with Crippen molar-refractivity contribution in [3.05, 3.63) is 40.9 Å². The molecule has 128 valence electrons. The number of allylic oxidation sites excluding steroid dienone is 2. The van der Waals surface area contributed by atoms with Crippen LogP contribution in [0.15, 0.2) is 30.4 Å². The average Bonchev–Trinajstić information content (AvgIpc) is 3.20. The van der Waals surface area contributed by atoms with Gasteiger partial charge in [-0.3, -0.25) is 9.59 Å². The summed E-state index contributed by atoms with van der Waals surface area (Å²) in [6, 6.07) is 4.59. The standard InChI is InChI=1S/C19H16ClNO4/c1-25-18(24)10-8-9(2-5-13(10)20)21-16(22)14-11-3-4-12(15(14)17(21)23)19(11)6-7-19/h2-5,8,11-12,14-15H,6-7H2,1H3/t11-,12-,14-,15+/m0/s1. The minimum absolute atomic E-state index is 0.152. The monoisotopic (exact) mass is 357 g/mol. The molecule has 0 aromatic heterocycles. The van der Waals surface area contributed by atoms with Crippen LogP contribution in [0.4, 0.5) is 5.69 Å². The van der Waals surface area contributed by atoms with Gasteiger partial charge in [-0.25, -0.2) is 9.69 Å². The summed E-state index contributed by atoms with van der Waals surface area (Å²) in [4.78, 5) is 39.2. The number of benzene rings is 1. The van der Waals surface area contributed by atoms with E-state index in [2.05, 4.69) is 12.2 Å². The number of rotatable bonds is 2. The van der Waals surface area contributed by atoms with Crippen LogP contribution in [0.3, 0.4) is 0 Å². The Kier molecular flexibility index (Phi) is 2.86. The van der Waals surface area contributed by atoms with Crippen molar-refractivity contribution in [1.82, 2.24) is 0 Å². The second-order valence-corrected chi connectivity index (χ2v) is 7.80. The predicted molar refractivity (Wildman–Crippen MR) is 90.1 cm³/mol. The van der Waals surface area contributed by atoms with Crippen LogP contribution in [0.5, 0.6) is 0 Å². The van der Waals surface area contributed by atoms with E-state index in [1.54, 1.807) is 6.07 Å². The van der Waals surface area contributed by atoms with E-state index in [1.807, 2.05) is 0 Å². The van der Waals surface area contributed by atoms with Crippen molar-refractivity contribution in [1.29, 1.82) is 0 Å². The van der Waals surface area contributed by atoms with Gasteiger partial charge in [0.05, 0.1) is 35.2 Å². The van der Waals surface area contributed by atoms with Crippen molar-refractivity contribution >= 4 is 35.1 Å². The van der Waals surface area contributed by atoms with Gasteiger partial charge in [-0.05, 0) is 48.3 Å². The van der Waals surface area contributed by atoms with Crippen LogP contribution in [0, 0.1) is 29.1 Å². The molecule has 3 aliphatic carbocycles. The van der Waals surface area contributed by atoms with E-state index in [4.69, 9.17) is 16.3 Å². The Hall–Kier alpha value is -2.14. The van der Waals surface area contributed by atoms with E-state index in [-0.39, 0.29) is 51.5 Å². The van der Waals surface area contributed by atoms with E-state index < -0.39 is 5.97 Å². The number of halogens is 1. The fourth-order valence-electron chi connectivity index (χ4n) is 5.25. The summed E-state index contributed by atoms with van der Waals surface area (Å²) in [7, 11) is 1.26. The normalized spacial score (nSPS) is 33.3. The summed E-state index contributed by atoms with van der Waals surface area (Å²) >= 11 is 6.05. The number of anilines is 1. The topological polar surface area (TPSA) is 63.7 Å². The maximum atomic E-state index is 13.1. The van der Waals surface area contributed by atoms with E-state index in [9.17, 15) is 14.4 Å². The lowest BCUT2D eigenvalue weighted by molar-refractivity contribution is -0.123. The van der Waals surface area contributed by atoms with Crippen LogP contribution < -0.4 is 4.90 Å². The van der Waals surface area contributed by atoms with Gasteiger partial charge in [0.15, 0.2) is 0 Å². The molecule has 1 saturated heterocycles. The van der Waals surface area contributed by atoms with Crippen LogP contribution >= 0.6 is 11.6 Å². The second-order valence-electron chi connectivity index (χ2n) is 7.39. The lowest BCUT2D eigenvalue weighted by Crippen LogP contribution is -2.34. The van der Waals surface area contributed by atoms with Crippen molar-refractivity contribution in [2.75, 3.05) is 12.0 Å². The molecule has 0 radical (unpaired) electrons. The summed E-state index contributed by atoms with van der Waals surface area (Å²) in [5, 5.41) is 0.230. The molecule has 4 atom stereocenters. The van der Waals surface area contributed by atoms with E-state index in [0.29, 0.717) is 5.69 Å². The molecular formula is C19H16ClNO4. The van der Waals surface area contributed by atoms with Crippen molar-refractivity contribution in [3.63, 3.8) is 0 Å². The number of methoxy groups -OCH3 is 1. The van der Waals surface area contributed by atoms with E-state index in [1.165, 1.54) is 24.1 Å². The Balaban J connectivity index is 1.54. The minimum Gasteiger partial charge on any atom is -0.465 e. The molecule has 2 bridgehead atoms. The number of carbonyl (C=O) groups excluding carboxylic acids is 3. The largest absolute Gasteiger partial charge is 0.465 e. The molecule has 1 aliphatic heterocycles. The van der Waals surface area contributed by atoms with E-state index in [0.717, 1.165) is 12.8 Å². The third-order valence-corrected chi connectivity index (χ3v) is 6.80. The predicted octanol–water partition coefficient (Wildman–Crippen LogP) is 2.83. The van der Waals surface area contributed by atoms with E-state index >= 15 is 0 Å². The third-order valence-electron chi connectivity index (χ3n) is 6.47. The van der Waals surface area contributed by atoms with Gasteiger partial charge in [0.1, 0.15) is 0 Å². The number of carbonyl (C=O) groups is 3.